The van der Waals surface area contributed by atoms with Gasteiger partial charge in [0, 0.05) is 41.2 Å². The van der Waals surface area contributed by atoms with Gasteiger partial charge in [-0.1, -0.05) is 29.7 Å². The number of aromatic carboxylic acids is 1. The van der Waals surface area contributed by atoms with Crippen molar-refractivity contribution in [2.75, 3.05) is 19.4 Å². The van der Waals surface area contributed by atoms with Crippen molar-refractivity contribution in [2.24, 2.45) is 11.1 Å². The second-order valence-corrected chi connectivity index (χ2v) is 10.8. The minimum Gasteiger partial charge on any atom is -0.496 e. The minimum atomic E-state index is -1.17. The quantitative estimate of drug-likeness (QED) is 0.229. The number of carboxylic acid groups (broad SMARTS) is 1. The minimum absolute atomic E-state index is 0.0525. The Bertz CT molecular complexity index is 1560. The Balaban J connectivity index is 1.61. The average Bonchev–Trinajstić information content (AvgIpc) is 3.10. The molecule has 0 aliphatic carbocycles. The SMILES string of the molecule is COc1ccc(Cl)cc1CC1CC/C(=N\Oc2cc(F)cc(F)c2)CN(C(=O)C[C@H](C)c2ccc(C(=O)O)c(N)c2)C1=O. The summed E-state index contributed by atoms with van der Waals surface area (Å²) in [7, 11) is 1.51. The van der Waals surface area contributed by atoms with Gasteiger partial charge in [0.25, 0.3) is 0 Å². The number of anilines is 1. The zero-order valence-corrected chi connectivity index (χ0v) is 24.2. The first kappa shape index (κ1) is 31.4. The summed E-state index contributed by atoms with van der Waals surface area (Å²) in [6, 6.07) is 12.2. The summed E-state index contributed by atoms with van der Waals surface area (Å²) < 4.78 is 32.7. The van der Waals surface area contributed by atoms with E-state index < -0.39 is 41.3 Å². The third kappa shape index (κ3) is 7.86. The number of amides is 2. The van der Waals surface area contributed by atoms with Crippen LogP contribution in [0, 0.1) is 17.6 Å². The van der Waals surface area contributed by atoms with E-state index in [1.165, 1.54) is 19.2 Å². The number of nitrogens with two attached hydrogens (primary N) is 1. The molecule has 1 unspecified atom stereocenters. The molecule has 226 valence electrons. The summed E-state index contributed by atoms with van der Waals surface area (Å²) in [6.07, 6.45) is 0.719. The fourth-order valence-corrected chi connectivity index (χ4v) is 5.14. The van der Waals surface area contributed by atoms with E-state index in [1.807, 2.05) is 0 Å². The van der Waals surface area contributed by atoms with Crippen molar-refractivity contribution in [3.63, 3.8) is 0 Å². The highest BCUT2D eigenvalue weighted by Gasteiger charge is 2.34. The highest BCUT2D eigenvalue weighted by molar-refractivity contribution is 6.30. The Morgan fingerprint density at radius 2 is 1.86 bits per heavy atom. The van der Waals surface area contributed by atoms with Crippen molar-refractivity contribution in [1.29, 1.82) is 0 Å². The molecule has 1 aliphatic heterocycles. The van der Waals surface area contributed by atoms with Gasteiger partial charge in [-0.3, -0.25) is 14.5 Å². The molecule has 2 amide bonds. The summed E-state index contributed by atoms with van der Waals surface area (Å²) in [5, 5.41) is 13.8. The summed E-state index contributed by atoms with van der Waals surface area (Å²) in [5.41, 5.74) is 7.55. The van der Waals surface area contributed by atoms with Gasteiger partial charge in [-0.2, -0.15) is 0 Å². The molecule has 0 saturated carbocycles. The van der Waals surface area contributed by atoms with E-state index in [2.05, 4.69) is 5.16 Å². The molecule has 0 spiro atoms. The number of rotatable bonds is 9. The lowest BCUT2D eigenvalue weighted by Crippen LogP contribution is -2.42. The number of carboxylic acids is 1. The van der Waals surface area contributed by atoms with Gasteiger partial charge in [0.15, 0.2) is 5.75 Å². The second-order valence-electron chi connectivity index (χ2n) is 10.3. The summed E-state index contributed by atoms with van der Waals surface area (Å²) in [5.74, 6) is -4.46. The third-order valence-electron chi connectivity index (χ3n) is 7.22. The Morgan fingerprint density at radius 1 is 1.14 bits per heavy atom. The van der Waals surface area contributed by atoms with Crippen molar-refractivity contribution in [3.05, 3.63) is 87.9 Å². The first-order valence-corrected chi connectivity index (χ1v) is 13.8. The number of methoxy groups -OCH3 is 1. The van der Waals surface area contributed by atoms with E-state index in [4.69, 9.17) is 26.9 Å². The van der Waals surface area contributed by atoms with E-state index in [-0.39, 0.29) is 42.8 Å². The number of oxime groups is 1. The number of likely N-dealkylation sites (tertiary alicyclic amines) is 1. The number of imide groups is 1. The number of hydrogen-bond donors (Lipinski definition) is 2. The summed E-state index contributed by atoms with van der Waals surface area (Å²) in [4.78, 5) is 45.2. The molecule has 0 bridgehead atoms. The van der Waals surface area contributed by atoms with E-state index in [1.54, 1.807) is 31.2 Å². The molecule has 1 saturated heterocycles. The predicted octanol–water partition coefficient (Wildman–Crippen LogP) is 5.84. The summed E-state index contributed by atoms with van der Waals surface area (Å²) in [6.45, 7) is 1.58. The van der Waals surface area contributed by atoms with Gasteiger partial charge >= 0.3 is 5.97 Å². The molecule has 1 aliphatic rings. The normalized spacial score (nSPS) is 17.0. The second kappa shape index (κ2) is 13.6. The van der Waals surface area contributed by atoms with Gasteiger partial charge in [-0.25, -0.2) is 13.6 Å². The zero-order chi connectivity index (χ0) is 31.3. The van der Waals surface area contributed by atoms with E-state index >= 15 is 0 Å². The molecule has 1 fully saturated rings. The van der Waals surface area contributed by atoms with Crippen molar-refractivity contribution < 1.29 is 37.8 Å². The molecule has 0 radical (unpaired) electrons. The van der Waals surface area contributed by atoms with Crippen LogP contribution in [-0.2, 0) is 16.0 Å². The first-order chi connectivity index (χ1) is 20.4. The van der Waals surface area contributed by atoms with Crippen LogP contribution in [0.15, 0.2) is 59.8 Å². The molecule has 12 heteroatoms. The number of hydrogen-bond acceptors (Lipinski definition) is 7. The maximum absolute atomic E-state index is 13.8. The van der Waals surface area contributed by atoms with Crippen molar-refractivity contribution in [1.82, 2.24) is 4.90 Å². The van der Waals surface area contributed by atoms with Crippen molar-refractivity contribution >= 4 is 40.8 Å². The number of carbonyl (C=O) groups is 3. The van der Waals surface area contributed by atoms with Crippen LogP contribution in [0.4, 0.5) is 14.5 Å². The van der Waals surface area contributed by atoms with Crippen LogP contribution in [0.5, 0.6) is 11.5 Å². The molecule has 3 N–H and O–H groups in total. The van der Waals surface area contributed by atoms with Crippen LogP contribution in [0.2, 0.25) is 5.02 Å². The van der Waals surface area contributed by atoms with Crippen molar-refractivity contribution in [3.8, 4) is 11.5 Å². The molecule has 3 aromatic rings. The molecule has 0 aromatic heterocycles. The lowest BCUT2D eigenvalue weighted by Gasteiger charge is -2.24. The Morgan fingerprint density at radius 3 is 2.51 bits per heavy atom. The largest absolute Gasteiger partial charge is 0.496 e. The van der Waals surface area contributed by atoms with Crippen LogP contribution in [-0.4, -0.2) is 47.2 Å². The van der Waals surface area contributed by atoms with Crippen LogP contribution < -0.4 is 15.3 Å². The van der Waals surface area contributed by atoms with Gasteiger partial charge < -0.3 is 20.4 Å². The fourth-order valence-electron chi connectivity index (χ4n) is 4.94. The van der Waals surface area contributed by atoms with Crippen molar-refractivity contribution in [2.45, 2.75) is 38.5 Å². The molecule has 1 heterocycles. The predicted molar refractivity (Wildman–Crippen MR) is 156 cm³/mol. The summed E-state index contributed by atoms with van der Waals surface area (Å²) >= 11 is 6.20. The maximum atomic E-state index is 13.8. The smallest absolute Gasteiger partial charge is 0.337 e. The van der Waals surface area contributed by atoms with E-state index in [0.717, 1.165) is 17.0 Å². The number of nitrogens with zero attached hydrogens (tertiary/aromatic N) is 2. The average molecular weight is 614 g/mol. The van der Waals surface area contributed by atoms with Crippen LogP contribution >= 0.6 is 11.6 Å². The topological polar surface area (TPSA) is 132 Å². The zero-order valence-electron chi connectivity index (χ0n) is 23.5. The van der Waals surface area contributed by atoms with Gasteiger partial charge in [0.1, 0.15) is 17.4 Å². The van der Waals surface area contributed by atoms with Crippen LogP contribution in [0.25, 0.3) is 0 Å². The van der Waals surface area contributed by atoms with E-state index in [9.17, 15) is 28.3 Å². The highest BCUT2D eigenvalue weighted by Crippen LogP contribution is 2.30. The molecule has 9 nitrogen and oxygen atoms in total. The van der Waals surface area contributed by atoms with Gasteiger partial charge in [0.2, 0.25) is 11.8 Å². The molecule has 4 rings (SSSR count). The van der Waals surface area contributed by atoms with Crippen LogP contribution in [0.1, 0.15) is 53.6 Å². The lowest BCUT2D eigenvalue weighted by molar-refractivity contribution is -0.146. The number of benzene rings is 3. The Hall–Kier alpha value is -4.51. The fraction of sp³-hybridized carbons (Fsp3) is 0.290. The molecular formula is C31H30ClF2N3O6. The number of nitrogen functional groups attached to an aromatic ring is 1. The van der Waals surface area contributed by atoms with E-state index in [0.29, 0.717) is 40.1 Å². The molecule has 2 atom stereocenters. The van der Waals surface area contributed by atoms with Gasteiger partial charge in [0.05, 0.1) is 24.9 Å². The van der Waals surface area contributed by atoms with Gasteiger partial charge in [-0.05, 0) is 66.6 Å². The number of ether oxygens (including phenoxy) is 1. The highest BCUT2D eigenvalue weighted by atomic mass is 35.5. The van der Waals surface area contributed by atoms with Crippen LogP contribution in [0.3, 0.4) is 0 Å². The Kier molecular flexibility index (Phi) is 9.97. The Labute approximate surface area is 251 Å². The lowest BCUT2D eigenvalue weighted by atomic mass is 9.92. The van der Waals surface area contributed by atoms with Gasteiger partial charge in [-0.15, -0.1) is 0 Å². The standard InChI is InChI=1S/C31H30ClF2N3O6/c1-17(18-4-7-26(31(40)41)27(35)12-18)9-29(38)37-16-24(36-43-25-14-22(33)13-23(34)15-25)6-3-19(30(37)39)10-20-11-21(32)5-8-28(20)42-2/h4-5,7-8,11-15,17,19H,3,6,9-10,16,35H2,1-2H3,(H,40,41)/b36-24+/t17-,19?/m0/s1. The third-order valence-corrected chi connectivity index (χ3v) is 7.45. The first-order valence-electron chi connectivity index (χ1n) is 13.4. The maximum Gasteiger partial charge on any atom is 0.337 e. The monoisotopic (exact) mass is 613 g/mol. The number of halogens is 3. The molecular weight excluding hydrogens is 584 g/mol. The number of carbonyl (C=O) groups excluding carboxylic acids is 2. The molecule has 3 aromatic carbocycles. The molecule has 43 heavy (non-hydrogen) atoms.